The van der Waals surface area contributed by atoms with Crippen LogP contribution in [0, 0.1) is 5.92 Å². The van der Waals surface area contributed by atoms with Crippen molar-refractivity contribution in [1.29, 1.82) is 0 Å². The Bertz CT molecular complexity index is 383. The number of halogens is 3. The second kappa shape index (κ2) is 5.24. The van der Waals surface area contributed by atoms with Crippen LogP contribution in [0.5, 0.6) is 0 Å². The van der Waals surface area contributed by atoms with Gasteiger partial charge in [-0.15, -0.1) is 0 Å². The summed E-state index contributed by atoms with van der Waals surface area (Å²) in [5.74, 6) is 5.86. The molecule has 1 aromatic heterocycles. The van der Waals surface area contributed by atoms with Crippen molar-refractivity contribution in [3.63, 3.8) is 0 Å². The first kappa shape index (κ1) is 13.3. The van der Waals surface area contributed by atoms with Gasteiger partial charge in [0.25, 0.3) is 0 Å². The molecule has 6 heteroatoms. The number of hydrogen-bond acceptors (Lipinski definition) is 3. The molecule has 0 aliphatic heterocycles. The number of hydrazine groups is 1. The maximum Gasteiger partial charge on any atom is 0.417 e. The van der Waals surface area contributed by atoms with E-state index >= 15 is 0 Å². The van der Waals surface area contributed by atoms with E-state index in [1.165, 1.54) is 6.07 Å². The summed E-state index contributed by atoms with van der Waals surface area (Å²) in [6.45, 7) is 0. The zero-order valence-electron chi connectivity index (χ0n) is 9.87. The predicted molar refractivity (Wildman–Crippen MR) is 61.3 cm³/mol. The van der Waals surface area contributed by atoms with Crippen molar-refractivity contribution in [3.05, 3.63) is 29.6 Å². The summed E-state index contributed by atoms with van der Waals surface area (Å²) in [5, 5.41) is 0. The molecule has 3 nitrogen and oxygen atoms in total. The van der Waals surface area contributed by atoms with Crippen molar-refractivity contribution >= 4 is 0 Å². The fraction of sp³-hybridized carbons (Fsp3) is 0.583. The Morgan fingerprint density at radius 2 is 1.94 bits per heavy atom. The predicted octanol–water partition coefficient (Wildman–Crippen LogP) is 2.80. The van der Waals surface area contributed by atoms with Crippen LogP contribution in [-0.4, -0.2) is 4.98 Å². The van der Waals surface area contributed by atoms with Crippen molar-refractivity contribution in [3.8, 4) is 0 Å². The maximum absolute atomic E-state index is 12.4. The highest BCUT2D eigenvalue weighted by Crippen LogP contribution is 2.35. The van der Waals surface area contributed by atoms with Crippen molar-refractivity contribution in [2.75, 3.05) is 0 Å². The molecule has 0 spiro atoms. The van der Waals surface area contributed by atoms with Gasteiger partial charge < -0.3 is 0 Å². The first-order valence-corrected chi connectivity index (χ1v) is 6.01. The molecule has 0 saturated heterocycles. The number of nitrogens with two attached hydrogens (primary N) is 1. The molecule has 1 atom stereocenters. The van der Waals surface area contributed by atoms with Crippen molar-refractivity contribution in [2.45, 2.75) is 37.9 Å². The molecule has 3 N–H and O–H groups in total. The van der Waals surface area contributed by atoms with Crippen LogP contribution in [0.1, 0.15) is 43.0 Å². The lowest BCUT2D eigenvalue weighted by molar-refractivity contribution is -0.137. The van der Waals surface area contributed by atoms with Gasteiger partial charge in [-0.1, -0.05) is 12.8 Å². The summed E-state index contributed by atoms with van der Waals surface area (Å²) in [7, 11) is 0. The minimum Gasteiger partial charge on any atom is -0.271 e. The van der Waals surface area contributed by atoms with Crippen LogP contribution < -0.4 is 11.3 Å². The fourth-order valence-electron chi connectivity index (χ4n) is 2.51. The van der Waals surface area contributed by atoms with E-state index in [1.807, 2.05) is 0 Å². The molecule has 1 heterocycles. The summed E-state index contributed by atoms with van der Waals surface area (Å²) in [6.07, 6.45) is 0.890. The minimum absolute atomic E-state index is 0.158. The van der Waals surface area contributed by atoms with E-state index in [0.717, 1.165) is 37.9 Å². The summed E-state index contributed by atoms with van der Waals surface area (Å²) in [6, 6.07) is 2.31. The average molecular weight is 259 g/mol. The summed E-state index contributed by atoms with van der Waals surface area (Å²) in [4.78, 5) is 3.90. The zero-order chi connectivity index (χ0) is 13.2. The first-order chi connectivity index (χ1) is 8.52. The quantitative estimate of drug-likeness (QED) is 0.648. The van der Waals surface area contributed by atoms with Crippen molar-refractivity contribution in [1.82, 2.24) is 10.4 Å². The molecule has 0 amide bonds. The third-order valence-electron chi connectivity index (χ3n) is 3.48. The van der Waals surface area contributed by atoms with Crippen LogP contribution in [0.4, 0.5) is 13.2 Å². The number of pyridine rings is 1. The summed E-state index contributed by atoms with van der Waals surface area (Å²) < 4.78 is 37.3. The van der Waals surface area contributed by atoms with Crippen LogP contribution >= 0.6 is 0 Å². The zero-order valence-corrected chi connectivity index (χ0v) is 9.87. The molecule has 18 heavy (non-hydrogen) atoms. The molecule has 0 aromatic carbocycles. The molecule has 2 rings (SSSR count). The highest BCUT2D eigenvalue weighted by molar-refractivity contribution is 5.19. The van der Waals surface area contributed by atoms with Gasteiger partial charge in [0.1, 0.15) is 0 Å². The average Bonchev–Trinajstić information content (AvgIpc) is 2.83. The normalized spacial score (nSPS) is 19.1. The molecule has 100 valence electrons. The topological polar surface area (TPSA) is 50.9 Å². The van der Waals surface area contributed by atoms with E-state index in [9.17, 15) is 13.2 Å². The van der Waals surface area contributed by atoms with E-state index in [4.69, 9.17) is 5.84 Å². The summed E-state index contributed by atoms with van der Waals surface area (Å²) in [5.41, 5.74) is 2.53. The van der Waals surface area contributed by atoms with Crippen LogP contribution in [0.25, 0.3) is 0 Å². The Morgan fingerprint density at radius 3 is 2.39 bits per heavy atom. The van der Waals surface area contributed by atoms with Crippen LogP contribution in [-0.2, 0) is 6.18 Å². The van der Waals surface area contributed by atoms with Gasteiger partial charge in [-0.2, -0.15) is 13.2 Å². The molecule has 1 fully saturated rings. The number of alkyl halides is 3. The highest BCUT2D eigenvalue weighted by Gasteiger charge is 2.32. The van der Waals surface area contributed by atoms with Crippen molar-refractivity contribution < 1.29 is 13.2 Å². The fourth-order valence-corrected chi connectivity index (χ4v) is 2.51. The Hall–Kier alpha value is -1.14. The molecule has 0 bridgehead atoms. The van der Waals surface area contributed by atoms with E-state index < -0.39 is 11.7 Å². The van der Waals surface area contributed by atoms with Gasteiger partial charge in [-0.25, -0.2) is 0 Å². The van der Waals surface area contributed by atoms with Crippen molar-refractivity contribution in [2.24, 2.45) is 11.8 Å². The van der Waals surface area contributed by atoms with Gasteiger partial charge in [0.2, 0.25) is 0 Å². The smallest absolute Gasteiger partial charge is 0.271 e. The molecular weight excluding hydrogens is 243 g/mol. The first-order valence-electron chi connectivity index (χ1n) is 6.01. The molecule has 1 aliphatic carbocycles. The number of rotatable bonds is 3. The standard InChI is InChI=1S/C12H16F3N3/c13-12(14,15)9-5-6-10(17-7-9)11(18-16)8-3-1-2-4-8/h5-8,11,18H,1-4,16H2. The van der Waals surface area contributed by atoms with E-state index in [1.54, 1.807) is 0 Å². The van der Waals surface area contributed by atoms with E-state index in [-0.39, 0.29) is 6.04 Å². The number of nitrogens with zero attached hydrogens (tertiary/aromatic N) is 1. The molecule has 0 radical (unpaired) electrons. The van der Waals surface area contributed by atoms with Gasteiger partial charge in [0.15, 0.2) is 0 Å². The Balaban J connectivity index is 2.16. The number of hydrogen-bond donors (Lipinski definition) is 2. The second-order valence-corrected chi connectivity index (χ2v) is 4.66. The van der Waals surface area contributed by atoms with E-state index in [0.29, 0.717) is 11.6 Å². The molecule has 1 aromatic rings. The van der Waals surface area contributed by atoms with Gasteiger partial charge in [-0.05, 0) is 30.9 Å². The SMILES string of the molecule is NNC(c1ccc(C(F)(F)F)cn1)C1CCCC1. The van der Waals surface area contributed by atoms with Gasteiger partial charge in [0, 0.05) is 6.20 Å². The second-order valence-electron chi connectivity index (χ2n) is 4.66. The lowest BCUT2D eigenvalue weighted by atomic mass is 9.95. The lowest BCUT2D eigenvalue weighted by Gasteiger charge is -2.22. The Labute approximate surface area is 104 Å². The lowest BCUT2D eigenvalue weighted by Crippen LogP contribution is -2.33. The summed E-state index contributed by atoms with van der Waals surface area (Å²) >= 11 is 0. The Morgan fingerprint density at radius 1 is 1.28 bits per heavy atom. The highest BCUT2D eigenvalue weighted by atomic mass is 19.4. The van der Waals surface area contributed by atoms with E-state index in [2.05, 4.69) is 10.4 Å². The number of nitrogens with one attached hydrogen (secondary N) is 1. The largest absolute Gasteiger partial charge is 0.417 e. The molecule has 1 unspecified atom stereocenters. The third-order valence-corrected chi connectivity index (χ3v) is 3.48. The minimum atomic E-state index is -4.34. The molecule has 1 aliphatic rings. The van der Waals surface area contributed by atoms with Gasteiger partial charge >= 0.3 is 6.18 Å². The third kappa shape index (κ3) is 2.81. The Kier molecular flexibility index (Phi) is 3.87. The maximum atomic E-state index is 12.4. The monoisotopic (exact) mass is 259 g/mol. The van der Waals surface area contributed by atoms with Crippen LogP contribution in [0.2, 0.25) is 0 Å². The van der Waals surface area contributed by atoms with Crippen LogP contribution in [0.15, 0.2) is 18.3 Å². The molecular formula is C12H16F3N3. The number of aromatic nitrogens is 1. The van der Waals surface area contributed by atoms with Gasteiger partial charge in [0.05, 0.1) is 17.3 Å². The van der Waals surface area contributed by atoms with Gasteiger partial charge in [-0.3, -0.25) is 16.3 Å². The van der Waals surface area contributed by atoms with Crippen LogP contribution in [0.3, 0.4) is 0 Å². The molecule has 1 saturated carbocycles.